The lowest BCUT2D eigenvalue weighted by molar-refractivity contribution is -0.149. The summed E-state index contributed by atoms with van der Waals surface area (Å²) in [5.74, 6) is -1.30. The van der Waals surface area contributed by atoms with Crippen LogP contribution in [0.2, 0.25) is 0 Å². The van der Waals surface area contributed by atoms with Crippen molar-refractivity contribution in [1.82, 2.24) is 4.90 Å². The smallest absolute Gasteiger partial charge is 0.308 e. The first-order valence-electron chi connectivity index (χ1n) is 5.85. The number of rotatable bonds is 3. The summed E-state index contributed by atoms with van der Waals surface area (Å²) >= 11 is 0. The zero-order chi connectivity index (χ0) is 11.7. The molecule has 0 aromatic heterocycles. The summed E-state index contributed by atoms with van der Waals surface area (Å²) in [5.41, 5.74) is 5.30. The molecule has 2 aliphatic rings. The second-order valence-corrected chi connectivity index (χ2v) is 4.83. The number of carbonyl (C=O) groups excluding carboxylic acids is 1. The topological polar surface area (TPSA) is 83.6 Å². The molecule has 5 nitrogen and oxygen atoms in total. The van der Waals surface area contributed by atoms with Gasteiger partial charge in [0.25, 0.3) is 0 Å². The second-order valence-electron chi connectivity index (χ2n) is 4.83. The molecule has 0 aromatic rings. The second kappa shape index (κ2) is 4.41. The van der Waals surface area contributed by atoms with Gasteiger partial charge in [-0.3, -0.25) is 14.5 Å². The van der Waals surface area contributed by atoms with Crippen molar-refractivity contribution in [3.63, 3.8) is 0 Å². The highest BCUT2D eigenvalue weighted by molar-refractivity contribution is 5.77. The van der Waals surface area contributed by atoms with E-state index in [0.717, 1.165) is 32.2 Å². The van der Waals surface area contributed by atoms with Gasteiger partial charge in [0.15, 0.2) is 0 Å². The first kappa shape index (κ1) is 11.4. The van der Waals surface area contributed by atoms with Crippen LogP contribution in [-0.2, 0) is 9.59 Å². The van der Waals surface area contributed by atoms with Gasteiger partial charge in [-0.1, -0.05) is 0 Å². The molecule has 3 atom stereocenters. The van der Waals surface area contributed by atoms with E-state index in [1.54, 1.807) is 0 Å². The molecule has 90 valence electrons. The summed E-state index contributed by atoms with van der Waals surface area (Å²) in [7, 11) is 0. The van der Waals surface area contributed by atoms with Crippen LogP contribution in [0, 0.1) is 11.8 Å². The number of hydrogen-bond acceptors (Lipinski definition) is 3. The normalized spacial score (nSPS) is 35.4. The highest BCUT2D eigenvalue weighted by atomic mass is 16.4. The van der Waals surface area contributed by atoms with Crippen LogP contribution in [-0.4, -0.2) is 41.0 Å². The molecule has 0 spiro atoms. The Labute approximate surface area is 94.6 Å². The molecule has 3 unspecified atom stereocenters. The number of carboxylic acid groups (broad SMARTS) is 1. The van der Waals surface area contributed by atoms with Gasteiger partial charge in [0.2, 0.25) is 5.91 Å². The lowest BCUT2D eigenvalue weighted by Crippen LogP contribution is -2.54. The predicted octanol–water partition coefficient (Wildman–Crippen LogP) is 0.0469. The minimum atomic E-state index is -0.711. The van der Waals surface area contributed by atoms with E-state index in [1.165, 1.54) is 0 Å². The molecule has 2 rings (SSSR count). The summed E-state index contributed by atoms with van der Waals surface area (Å²) in [6.07, 6.45) is 3.48. The van der Waals surface area contributed by atoms with E-state index in [1.807, 2.05) is 0 Å². The molecule has 16 heavy (non-hydrogen) atoms. The van der Waals surface area contributed by atoms with Gasteiger partial charge in [-0.25, -0.2) is 0 Å². The number of aliphatic carboxylic acids is 1. The molecular formula is C11H18N2O3. The number of likely N-dealkylation sites (tertiary alicyclic amines) is 1. The van der Waals surface area contributed by atoms with Crippen molar-refractivity contribution in [3.8, 4) is 0 Å². The Morgan fingerprint density at radius 2 is 2.00 bits per heavy atom. The van der Waals surface area contributed by atoms with E-state index < -0.39 is 5.97 Å². The minimum Gasteiger partial charge on any atom is -0.481 e. The maximum atomic E-state index is 11.1. The van der Waals surface area contributed by atoms with Crippen LogP contribution >= 0.6 is 0 Å². The van der Waals surface area contributed by atoms with Gasteiger partial charge < -0.3 is 10.8 Å². The van der Waals surface area contributed by atoms with Gasteiger partial charge in [-0.2, -0.15) is 0 Å². The quantitative estimate of drug-likeness (QED) is 0.712. The Bertz CT molecular complexity index is 294. The van der Waals surface area contributed by atoms with E-state index in [9.17, 15) is 9.59 Å². The molecule has 1 aliphatic carbocycles. The van der Waals surface area contributed by atoms with Crippen molar-refractivity contribution in [3.05, 3.63) is 0 Å². The van der Waals surface area contributed by atoms with Crippen molar-refractivity contribution < 1.29 is 14.7 Å². The number of piperidine rings is 1. The third-order valence-corrected chi connectivity index (χ3v) is 3.88. The van der Waals surface area contributed by atoms with Crippen LogP contribution in [0.1, 0.15) is 25.7 Å². The summed E-state index contributed by atoms with van der Waals surface area (Å²) in [5, 5.41) is 8.99. The molecular weight excluding hydrogens is 208 g/mol. The summed E-state index contributed by atoms with van der Waals surface area (Å²) in [6.45, 7) is 1.54. The lowest BCUT2D eigenvalue weighted by atomic mass is 9.77. The molecule has 0 bridgehead atoms. The van der Waals surface area contributed by atoms with E-state index in [4.69, 9.17) is 10.8 Å². The number of amides is 1. The maximum absolute atomic E-state index is 11.1. The maximum Gasteiger partial charge on any atom is 0.308 e. The third-order valence-electron chi connectivity index (χ3n) is 3.88. The van der Waals surface area contributed by atoms with Gasteiger partial charge in [0.05, 0.1) is 11.8 Å². The van der Waals surface area contributed by atoms with E-state index >= 15 is 0 Å². The van der Waals surface area contributed by atoms with Gasteiger partial charge >= 0.3 is 5.97 Å². The van der Waals surface area contributed by atoms with E-state index in [2.05, 4.69) is 4.90 Å². The number of carboxylic acids is 1. The van der Waals surface area contributed by atoms with Gasteiger partial charge in [-0.15, -0.1) is 0 Å². The zero-order valence-corrected chi connectivity index (χ0v) is 9.26. The molecule has 1 amide bonds. The fourth-order valence-electron chi connectivity index (χ4n) is 2.75. The van der Waals surface area contributed by atoms with Gasteiger partial charge in [0.1, 0.15) is 0 Å². The molecule has 3 N–H and O–H groups in total. The Hall–Kier alpha value is -1.10. The third kappa shape index (κ3) is 2.04. The van der Waals surface area contributed by atoms with Crippen molar-refractivity contribution in [2.75, 3.05) is 13.1 Å². The largest absolute Gasteiger partial charge is 0.481 e. The number of nitrogens with zero attached hydrogens (tertiary/aromatic N) is 1. The van der Waals surface area contributed by atoms with Crippen LogP contribution in [0.5, 0.6) is 0 Å². The van der Waals surface area contributed by atoms with Gasteiger partial charge in [0, 0.05) is 12.6 Å². The van der Waals surface area contributed by atoms with Crippen LogP contribution < -0.4 is 5.73 Å². The molecule has 5 heteroatoms. The number of nitrogens with two attached hydrogens (primary N) is 1. The summed E-state index contributed by atoms with van der Waals surface area (Å²) in [6, 6.07) is 0.125. The molecule has 0 aromatic carbocycles. The average Bonchev–Trinajstić information content (AvgIpc) is 2.15. The highest BCUT2D eigenvalue weighted by Crippen LogP contribution is 2.34. The Morgan fingerprint density at radius 3 is 2.50 bits per heavy atom. The number of hydrogen-bond donors (Lipinski definition) is 2. The fourth-order valence-corrected chi connectivity index (χ4v) is 2.75. The van der Waals surface area contributed by atoms with Crippen molar-refractivity contribution in [2.24, 2.45) is 17.6 Å². The Morgan fingerprint density at radius 1 is 1.25 bits per heavy atom. The molecule has 0 radical (unpaired) electrons. The highest BCUT2D eigenvalue weighted by Gasteiger charge is 2.42. The summed E-state index contributed by atoms with van der Waals surface area (Å²) in [4.78, 5) is 24.2. The lowest BCUT2D eigenvalue weighted by Gasteiger charge is -2.45. The molecule has 1 saturated heterocycles. The SMILES string of the molecule is NC(=O)C1CCCN(C2CCC2C(=O)O)C1. The van der Waals surface area contributed by atoms with Crippen LogP contribution in [0.25, 0.3) is 0 Å². The minimum absolute atomic E-state index is 0.0937. The van der Waals surface area contributed by atoms with E-state index in [0.29, 0.717) is 6.54 Å². The molecule has 1 aliphatic heterocycles. The van der Waals surface area contributed by atoms with Crippen molar-refractivity contribution in [2.45, 2.75) is 31.7 Å². The number of carbonyl (C=O) groups is 2. The van der Waals surface area contributed by atoms with E-state index in [-0.39, 0.29) is 23.8 Å². The predicted molar refractivity (Wildman–Crippen MR) is 57.6 cm³/mol. The van der Waals surface area contributed by atoms with Crippen LogP contribution in [0.15, 0.2) is 0 Å². The molecule has 1 heterocycles. The summed E-state index contributed by atoms with van der Waals surface area (Å²) < 4.78 is 0. The first-order valence-corrected chi connectivity index (χ1v) is 5.85. The first-order chi connectivity index (χ1) is 7.59. The average molecular weight is 226 g/mol. The van der Waals surface area contributed by atoms with Gasteiger partial charge in [-0.05, 0) is 32.2 Å². The number of primary amides is 1. The monoisotopic (exact) mass is 226 g/mol. The van der Waals surface area contributed by atoms with Crippen LogP contribution in [0.4, 0.5) is 0 Å². The Kier molecular flexibility index (Phi) is 3.14. The van der Waals surface area contributed by atoms with Crippen LogP contribution in [0.3, 0.4) is 0 Å². The van der Waals surface area contributed by atoms with Crippen molar-refractivity contribution >= 4 is 11.9 Å². The zero-order valence-electron chi connectivity index (χ0n) is 9.26. The standard InChI is InChI=1S/C11H18N2O3/c12-10(14)7-2-1-5-13(6-7)9-4-3-8(9)11(15)16/h7-9H,1-6H2,(H2,12,14)(H,15,16). The fraction of sp³-hybridized carbons (Fsp3) is 0.818. The van der Waals surface area contributed by atoms with Crippen molar-refractivity contribution in [1.29, 1.82) is 0 Å². The molecule has 1 saturated carbocycles. The Balaban J connectivity index is 1.94. The molecule has 2 fully saturated rings.